The van der Waals surface area contributed by atoms with Crippen LogP contribution in [-0.4, -0.2) is 19.6 Å². The number of likely N-dealkylation sites (tertiary alicyclic amines) is 1. The lowest BCUT2D eigenvalue weighted by molar-refractivity contribution is -0.917. The summed E-state index contributed by atoms with van der Waals surface area (Å²) in [6.07, 6.45) is 9.06. The van der Waals surface area contributed by atoms with E-state index in [1.807, 2.05) is 4.90 Å². The molecule has 3 atom stereocenters. The van der Waals surface area contributed by atoms with Gasteiger partial charge in [0, 0.05) is 5.92 Å². The van der Waals surface area contributed by atoms with Gasteiger partial charge in [0.1, 0.15) is 0 Å². The van der Waals surface area contributed by atoms with E-state index in [-0.39, 0.29) is 0 Å². The molecule has 1 saturated heterocycles. The largest absolute Gasteiger partial charge is 0.335 e. The molecule has 2 rings (SSSR count). The van der Waals surface area contributed by atoms with Gasteiger partial charge in [-0.05, 0) is 32.1 Å². The lowest BCUT2D eigenvalue weighted by atomic mass is 9.79. The standard InChI is InChI=1S/C10H19N/c1-11-8-4-6-9-5-2-3-7-10(9)11/h9-10H,2-8H2,1H3/p+1/t9-,10+/m1/s1. The van der Waals surface area contributed by atoms with Gasteiger partial charge in [0.25, 0.3) is 0 Å². The fraction of sp³-hybridized carbons (Fsp3) is 1.00. The van der Waals surface area contributed by atoms with Gasteiger partial charge in [-0.3, -0.25) is 0 Å². The van der Waals surface area contributed by atoms with Crippen LogP contribution in [-0.2, 0) is 0 Å². The monoisotopic (exact) mass is 154 g/mol. The number of fused-ring (bicyclic) bond motifs is 1. The van der Waals surface area contributed by atoms with Crippen molar-refractivity contribution in [2.45, 2.75) is 44.6 Å². The van der Waals surface area contributed by atoms with Crippen LogP contribution in [0, 0.1) is 5.92 Å². The molecule has 0 spiro atoms. The SMILES string of the molecule is C[NH+]1CCC[C@H]2CCCC[C@@H]21. The highest BCUT2D eigenvalue weighted by molar-refractivity contribution is 4.76. The van der Waals surface area contributed by atoms with Gasteiger partial charge in [0.05, 0.1) is 19.6 Å². The second kappa shape index (κ2) is 3.14. The fourth-order valence-corrected chi connectivity index (χ4v) is 3.03. The van der Waals surface area contributed by atoms with E-state index in [4.69, 9.17) is 0 Å². The molecule has 1 aliphatic carbocycles. The van der Waals surface area contributed by atoms with Gasteiger partial charge in [-0.1, -0.05) is 6.42 Å². The Morgan fingerprint density at radius 1 is 1.00 bits per heavy atom. The zero-order chi connectivity index (χ0) is 7.68. The molecule has 0 amide bonds. The molecular formula is C10H20N+. The number of hydrogen-bond donors (Lipinski definition) is 1. The maximum atomic E-state index is 2.39. The van der Waals surface area contributed by atoms with Crippen molar-refractivity contribution in [2.75, 3.05) is 13.6 Å². The average molecular weight is 154 g/mol. The molecule has 1 unspecified atom stereocenters. The normalized spacial score (nSPS) is 45.0. The van der Waals surface area contributed by atoms with Crippen molar-refractivity contribution in [2.24, 2.45) is 5.92 Å². The molecule has 11 heavy (non-hydrogen) atoms. The van der Waals surface area contributed by atoms with Gasteiger partial charge in [-0.25, -0.2) is 0 Å². The van der Waals surface area contributed by atoms with Crippen LogP contribution in [0.3, 0.4) is 0 Å². The molecule has 0 bridgehead atoms. The Bertz CT molecular complexity index is 131. The van der Waals surface area contributed by atoms with Crippen LogP contribution >= 0.6 is 0 Å². The van der Waals surface area contributed by atoms with E-state index in [1.165, 1.54) is 45.1 Å². The summed E-state index contributed by atoms with van der Waals surface area (Å²) < 4.78 is 0. The molecule has 1 aliphatic heterocycles. The van der Waals surface area contributed by atoms with Crippen molar-refractivity contribution >= 4 is 0 Å². The van der Waals surface area contributed by atoms with Gasteiger partial charge in [-0.15, -0.1) is 0 Å². The number of nitrogens with one attached hydrogen (secondary N) is 1. The number of piperidine rings is 1. The molecule has 1 heterocycles. The highest BCUT2D eigenvalue weighted by atomic mass is 15.1. The summed E-state index contributed by atoms with van der Waals surface area (Å²) in [5.74, 6) is 1.09. The fourth-order valence-electron chi connectivity index (χ4n) is 3.03. The zero-order valence-electron chi connectivity index (χ0n) is 7.60. The van der Waals surface area contributed by atoms with Crippen molar-refractivity contribution in [1.82, 2.24) is 0 Å². The predicted octanol–water partition coefficient (Wildman–Crippen LogP) is 0.854. The van der Waals surface area contributed by atoms with Crippen LogP contribution in [0.1, 0.15) is 38.5 Å². The molecule has 0 radical (unpaired) electrons. The maximum absolute atomic E-state index is 2.39. The van der Waals surface area contributed by atoms with Crippen molar-refractivity contribution in [3.8, 4) is 0 Å². The highest BCUT2D eigenvalue weighted by Gasteiger charge is 2.33. The van der Waals surface area contributed by atoms with Crippen LogP contribution in [0.2, 0.25) is 0 Å². The minimum absolute atomic E-state index is 1.04. The molecule has 1 nitrogen and oxygen atoms in total. The molecule has 0 aromatic rings. The summed E-state index contributed by atoms with van der Waals surface area (Å²) in [6, 6.07) is 1.04. The predicted molar refractivity (Wildman–Crippen MR) is 46.7 cm³/mol. The molecule has 1 N–H and O–H groups in total. The first-order valence-corrected chi connectivity index (χ1v) is 5.20. The van der Waals surface area contributed by atoms with Gasteiger partial charge in [0.15, 0.2) is 0 Å². The lowest BCUT2D eigenvalue weighted by Crippen LogP contribution is -3.15. The van der Waals surface area contributed by atoms with E-state index < -0.39 is 0 Å². The molecular weight excluding hydrogens is 134 g/mol. The second-order valence-electron chi connectivity index (χ2n) is 4.39. The smallest absolute Gasteiger partial charge is 0.0901 e. The van der Waals surface area contributed by atoms with E-state index in [0.29, 0.717) is 0 Å². The summed E-state index contributed by atoms with van der Waals surface area (Å²) in [4.78, 5) is 1.82. The zero-order valence-corrected chi connectivity index (χ0v) is 7.60. The number of rotatable bonds is 0. The van der Waals surface area contributed by atoms with Gasteiger partial charge >= 0.3 is 0 Å². The summed E-state index contributed by atoms with van der Waals surface area (Å²) in [5, 5.41) is 0. The summed E-state index contributed by atoms with van der Waals surface area (Å²) >= 11 is 0. The molecule has 0 aromatic carbocycles. The Morgan fingerprint density at radius 3 is 2.55 bits per heavy atom. The van der Waals surface area contributed by atoms with Crippen molar-refractivity contribution in [3.05, 3.63) is 0 Å². The Labute approximate surface area is 69.8 Å². The van der Waals surface area contributed by atoms with Crippen molar-refractivity contribution in [3.63, 3.8) is 0 Å². The van der Waals surface area contributed by atoms with E-state index in [9.17, 15) is 0 Å². The molecule has 2 aliphatic rings. The molecule has 1 heteroatoms. The van der Waals surface area contributed by atoms with Crippen LogP contribution in [0.5, 0.6) is 0 Å². The Kier molecular flexibility index (Phi) is 2.17. The highest BCUT2D eigenvalue weighted by Crippen LogP contribution is 2.27. The van der Waals surface area contributed by atoms with Gasteiger partial charge < -0.3 is 4.90 Å². The molecule has 2 fully saturated rings. The van der Waals surface area contributed by atoms with Crippen molar-refractivity contribution < 1.29 is 4.90 Å². The van der Waals surface area contributed by atoms with Gasteiger partial charge in [-0.2, -0.15) is 0 Å². The average Bonchev–Trinajstić information content (AvgIpc) is 2.06. The third-order valence-corrected chi connectivity index (χ3v) is 3.69. The third kappa shape index (κ3) is 1.44. The maximum Gasteiger partial charge on any atom is 0.0901 e. The van der Waals surface area contributed by atoms with Crippen molar-refractivity contribution in [1.29, 1.82) is 0 Å². The summed E-state index contributed by atoms with van der Waals surface area (Å²) in [5.41, 5.74) is 0. The summed E-state index contributed by atoms with van der Waals surface area (Å²) in [7, 11) is 2.39. The van der Waals surface area contributed by atoms with Crippen LogP contribution in [0.15, 0.2) is 0 Å². The number of quaternary nitrogens is 1. The second-order valence-corrected chi connectivity index (χ2v) is 4.39. The first-order valence-electron chi connectivity index (χ1n) is 5.20. The first kappa shape index (κ1) is 7.60. The van der Waals surface area contributed by atoms with E-state index in [0.717, 1.165) is 12.0 Å². The molecule has 64 valence electrons. The quantitative estimate of drug-likeness (QED) is 0.528. The lowest BCUT2D eigenvalue weighted by Gasteiger charge is -2.39. The Hall–Kier alpha value is -0.0400. The molecule has 1 saturated carbocycles. The van der Waals surface area contributed by atoms with E-state index >= 15 is 0 Å². The van der Waals surface area contributed by atoms with E-state index in [1.54, 1.807) is 0 Å². The van der Waals surface area contributed by atoms with E-state index in [2.05, 4.69) is 7.05 Å². The Balaban J connectivity index is 1.99. The third-order valence-electron chi connectivity index (χ3n) is 3.69. The molecule has 0 aromatic heterocycles. The first-order chi connectivity index (χ1) is 5.38. The van der Waals surface area contributed by atoms with Crippen LogP contribution in [0.25, 0.3) is 0 Å². The van der Waals surface area contributed by atoms with Gasteiger partial charge in [0.2, 0.25) is 0 Å². The van der Waals surface area contributed by atoms with Crippen LogP contribution in [0.4, 0.5) is 0 Å². The van der Waals surface area contributed by atoms with Crippen LogP contribution < -0.4 is 4.90 Å². The Morgan fingerprint density at radius 2 is 1.73 bits per heavy atom. The summed E-state index contributed by atoms with van der Waals surface area (Å²) in [6.45, 7) is 1.43. The topological polar surface area (TPSA) is 4.44 Å². The number of hydrogen-bond acceptors (Lipinski definition) is 0. The minimum atomic E-state index is 1.04. The minimum Gasteiger partial charge on any atom is -0.335 e.